The van der Waals surface area contributed by atoms with Crippen LogP contribution in [0.15, 0.2) is 82.8 Å². The molecule has 0 aliphatic rings. The van der Waals surface area contributed by atoms with Gasteiger partial charge in [0.15, 0.2) is 0 Å². The number of hydrogen-bond donors (Lipinski definition) is 1. The molecule has 0 aliphatic heterocycles. The highest BCUT2D eigenvalue weighted by molar-refractivity contribution is 7.89. The minimum atomic E-state index is -4.05. The fourth-order valence-corrected chi connectivity index (χ4v) is 4.48. The summed E-state index contributed by atoms with van der Waals surface area (Å²) in [5.41, 5.74) is 3.58. The van der Waals surface area contributed by atoms with Gasteiger partial charge in [-0.3, -0.25) is 4.79 Å². The van der Waals surface area contributed by atoms with Crippen LogP contribution < -0.4 is 10.2 Å². The molecule has 3 rings (SSSR count). The van der Waals surface area contributed by atoms with Crippen LogP contribution in [-0.4, -0.2) is 38.0 Å². The lowest BCUT2D eigenvalue weighted by atomic mass is 10.2. The van der Waals surface area contributed by atoms with Gasteiger partial charge in [-0.2, -0.15) is 9.41 Å². The third-order valence-electron chi connectivity index (χ3n) is 4.64. The van der Waals surface area contributed by atoms with Crippen molar-refractivity contribution in [3.05, 3.63) is 94.8 Å². The molecule has 0 fully saturated rings. The van der Waals surface area contributed by atoms with E-state index in [0.29, 0.717) is 22.9 Å². The average Bonchev–Trinajstić information content (AvgIpc) is 2.81. The van der Waals surface area contributed by atoms with Crippen molar-refractivity contribution in [2.24, 2.45) is 5.10 Å². The van der Waals surface area contributed by atoms with Crippen molar-refractivity contribution in [3.8, 4) is 5.75 Å². The number of ether oxygens (including phenoxy) is 1. The van der Waals surface area contributed by atoms with Gasteiger partial charge < -0.3 is 4.74 Å². The van der Waals surface area contributed by atoms with Crippen molar-refractivity contribution >= 4 is 33.7 Å². The molecule has 1 N–H and O–H groups in total. The number of benzene rings is 3. The molecule has 10 heteroatoms. The first-order chi connectivity index (χ1) is 16.3. The van der Waals surface area contributed by atoms with Gasteiger partial charge in [-0.05, 0) is 78.7 Å². The normalized spacial score (nSPS) is 11.6. The second-order valence-electron chi connectivity index (χ2n) is 7.15. The quantitative estimate of drug-likeness (QED) is 0.331. The molecule has 0 aliphatic carbocycles. The van der Waals surface area contributed by atoms with E-state index in [1.54, 1.807) is 24.3 Å². The smallest absolute Gasteiger partial charge is 0.255 e. The minimum absolute atomic E-state index is 0.0234. The summed E-state index contributed by atoms with van der Waals surface area (Å²) in [4.78, 5) is 12.5. The minimum Gasteiger partial charge on any atom is -0.494 e. The number of hydrogen-bond acceptors (Lipinski definition) is 5. The van der Waals surface area contributed by atoms with Gasteiger partial charge in [0.25, 0.3) is 5.91 Å². The first-order valence-electron chi connectivity index (χ1n) is 10.3. The van der Waals surface area contributed by atoms with Gasteiger partial charge in [0.1, 0.15) is 11.6 Å². The maximum Gasteiger partial charge on any atom is 0.255 e. The summed E-state index contributed by atoms with van der Waals surface area (Å²) >= 11 is 5.87. The summed E-state index contributed by atoms with van der Waals surface area (Å²) in [6.07, 6.45) is 1.44. The lowest BCUT2D eigenvalue weighted by molar-refractivity contribution is -0.121. The Labute approximate surface area is 202 Å². The third-order valence-corrected chi connectivity index (χ3v) is 6.70. The van der Waals surface area contributed by atoms with Crippen molar-refractivity contribution in [2.75, 3.05) is 13.2 Å². The largest absolute Gasteiger partial charge is 0.494 e. The van der Waals surface area contributed by atoms with Gasteiger partial charge in [-0.15, -0.1) is 0 Å². The summed E-state index contributed by atoms with van der Waals surface area (Å²) in [6, 6.07) is 18.1. The first-order valence-corrected chi connectivity index (χ1v) is 12.1. The van der Waals surface area contributed by atoms with E-state index in [-0.39, 0.29) is 11.4 Å². The van der Waals surface area contributed by atoms with Gasteiger partial charge in [0.05, 0.1) is 24.3 Å². The second-order valence-corrected chi connectivity index (χ2v) is 9.52. The Morgan fingerprint density at radius 2 is 1.71 bits per heavy atom. The number of nitrogens with zero attached hydrogens (tertiary/aromatic N) is 2. The van der Waals surface area contributed by atoms with E-state index in [0.717, 1.165) is 9.87 Å². The highest BCUT2D eigenvalue weighted by Gasteiger charge is 2.27. The summed E-state index contributed by atoms with van der Waals surface area (Å²) in [5, 5.41) is 4.28. The Bertz CT molecular complexity index is 1230. The van der Waals surface area contributed by atoms with E-state index in [4.69, 9.17) is 16.3 Å². The van der Waals surface area contributed by atoms with Gasteiger partial charge in [0, 0.05) is 11.6 Å². The van der Waals surface area contributed by atoms with Crippen molar-refractivity contribution in [1.29, 1.82) is 0 Å². The molecule has 3 aromatic carbocycles. The third kappa shape index (κ3) is 7.11. The van der Waals surface area contributed by atoms with Crippen molar-refractivity contribution < 1.29 is 22.3 Å². The molecule has 1 amide bonds. The van der Waals surface area contributed by atoms with Crippen LogP contribution in [0.25, 0.3) is 0 Å². The molecule has 0 spiro atoms. The van der Waals surface area contributed by atoms with E-state index in [2.05, 4.69) is 10.5 Å². The van der Waals surface area contributed by atoms with Crippen LogP contribution in [0.2, 0.25) is 5.02 Å². The number of hydrazone groups is 1. The number of nitrogens with one attached hydrogen (secondary N) is 1. The maximum atomic E-state index is 13.3. The van der Waals surface area contributed by atoms with E-state index in [1.165, 1.54) is 54.7 Å². The van der Waals surface area contributed by atoms with Gasteiger partial charge in [0.2, 0.25) is 10.0 Å². The highest BCUT2D eigenvalue weighted by Crippen LogP contribution is 2.20. The number of amides is 1. The molecule has 0 saturated carbocycles. The lowest BCUT2D eigenvalue weighted by Crippen LogP contribution is -2.39. The molecule has 0 atom stereocenters. The molecular weight excluding hydrogens is 481 g/mol. The maximum absolute atomic E-state index is 13.3. The van der Waals surface area contributed by atoms with Gasteiger partial charge >= 0.3 is 0 Å². The van der Waals surface area contributed by atoms with E-state index >= 15 is 0 Å². The number of sulfonamides is 1. The Balaban J connectivity index is 1.74. The van der Waals surface area contributed by atoms with Crippen molar-refractivity contribution in [1.82, 2.24) is 9.73 Å². The van der Waals surface area contributed by atoms with Crippen molar-refractivity contribution in [3.63, 3.8) is 0 Å². The first kappa shape index (κ1) is 25.4. The van der Waals surface area contributed by atoms with Crippen LogP contribution >= 0.6 is 11.6 Å². The van der Waals surface area contributed by atoms with Gasteiger partial charge in [-0.25, -0.2) is 18.2 Å². The number of halogens is 2. The van der Waals surface area contributed by atoms with Crippen LogP contribution in [-0.2, 0) is 21.4 Å². The molecule has 7 nitrogen and oxygen atoms in total. The monoisotopic (exact) mass is 503 g/mol. The standard InChI is InChI=1S/C24H23ClFN3O4S/c1-2-33-22-11-5-18(6-12-22)15-27-28-24(30)17-29(16-19-3-9-21(26)10-4-19)34(31,32)23-13-7-20(25)8-14-23/h3-15H,2,16-17H2,1H3,(H,28,30)/b27-15-. The molecule has 34 heavy (non-hydrogen) atoms. The zero-order valence-electron chi connectivity index (χ0n) is 18.3. The fourth-order valence-electron chi connectivity index (χ4n) is 2.97. The van der Waals surface area contributed by atoms with E-state index in [1.807, 2.05) is 6.92 Å². The molecular formula is C24H23ClFN3O4S. The van der Waals surface area contributed by atoms with E-state index in [9.17, 15) is 17.6 Å². The molecule has 0 aromatic heterocycles. The predicted molar refractivity (Wildman–Crippen MR) is 129 cm³/mol. The Kier molecular flexibility index (Phi) is 8.75. The van der Waals surface area contributed by atoms with Crippen LogP contribution in [0.1, 0.15) is 18.1 Å². The molecule has 178 valence electrons. The zero-order chi connectivity index (χ0) is 24.6. The topological polar surface area (TPSA) is 88.1 Å². The summed E-state index contributed by atoms with van der Waals surface area (Å²) < 4.78 is 46.1. The van der Waals surface area contributed by atoms with Crippen LogP contribution in [0.4, 0.5) is 4.39 Å². The predicted octanol–water partition coefficient (Wildman–Crippen LogP) is 4.22. The van der Waals surface area contributed by atoms with Crippen LogP contribution in [0.5, 0.6) is 5.75 Å². The van der Waals surface area contributed by atoms with E-state index < -0.39 is 28.3 Å². The Hall–Kier alpha value is -3.27. The van der Waals surface area contributed by atoms with Crippen LogP contribution in [0, 0.1) is 5.82 Å². The number of rotatable bonds is 10. The summed E-state index contributed by atoms with van der Waals surface area (Å²) in [7, 11) is -4.05. The molecule has 0 saturated heterocycles. The second kappa shape index (κ2) is 11.7. The highest BCUT2D eigenvalue weighted by atomic mass is 35.5. The molecule has 0 bridgehead atoms. The van der Waals surface area contributed by atoms with Crippen LogP contribution in [0.3, 0.4) is 0 Å². The average molecular weight is 504 g/mol. The molecule has 3 aromatic rings. The molecule has 0 unspecified atom stereocenters. The SMILES string of the molecule is CCOc1ccc(/C=N\NC(=O)CN(Cc2ccc(F)cc2)S(=O)(=O)c2ccc(Cl)cc2)cc1. The van der Waals surface area contributed by atoms with Crippen molar-refractivity contribution in [2.45, 2.75) is 18.4 Å². The summed E-state index contributed by atoms with van der Waals surface area (Å²) in [6.45, 7) is 1.80. The summed E-state index contributed by atoms with van der Waals surface area (Å²) in [5.74, 6) is -0.369. The zero-order valence-corrected chi connectivity index (χ0v) is 19.9. The Morgan fingerprint density at radius 1 is 1.06 bits per heavy atom. The van der Waals surface area contributed by atoms with Gasteiger partial charge in [-0.1, -0.05) is 23.7 Å². The number of carbonyl (C=O) groups excluding carboxylic acids is 1. The molecule has 0 heterocycles. The number of carbonyl (C=O) groups is 1. The molecule has 0 radical (unpaired) electrons. The lowest BCUT2D eigenvalue weighted by Gasteiger charge is -2.21. The fraction of sp³-hybridized carbons (Fsp3) is 0.167. The Morgan fingerprint density at radius 3 is 2.32 bits per heavy atom.